The molecule has 1 N–H and O–H groups in total. The molecule has 1 aliphatic carbocycles. The molecular weight excluding hydrogens is 254 g/mol. The largest absolute Gasteiger partial charge is 0.495 e. The highest BCUT2D eigenvalue weighted by Crippen LogP contribution is 2.50. The van der Waals surface area contributed by atoms with Gasteiger partial charge < -0.3 is 10.1 Å². The van der Waals surface area contributed by atoms with E-state index in [1.54, 1.807) is 12.1 Å². The molecule has 96 valence electrons. The van der Waals surface area contributed by atoms with Crippen molar-refractivity contribution in [2.24, 2.45) is 0 Å². The summed E-state index contributed by atoms with van der Waals surface area (Å²) in [5, 5.41) is 2.68. The van der Waals surface area contributed by atoms with Crippen molar-refractivity contribution in [3.8, 4) is 5.75 Å². The average Bonchev–Trinajstić information content (AvgIpc) is 2.25. The minimum atomic E-state index is -3.62. The Kier molecular flexibility index (Phi) is 2.22. The van der Waals surface area contributed by atoms with Gasteiger partial charge in [0, 0.05) is 0 Å². The van der Waals surface area contributed by atoms with Gasteiger partial charge in [0.05, 0.1) is 12.0 Å². The zero-order chi connectivity index (χ0) is 13.0. The van der Waals surface area contributed by atoms with E-state index in [1.165, 1.54) is 13.2 Å². The zero-order valence-electron chi connectivity index (χ0n) is 9.89. The van der Waals surface area contributed by atoms with Crippen LogP contribution in [0.5, 0.6) is 5.75 Å². The van der Waals surface area contributed by atoms with Crippen molar-refractivity contribution >= 4 is 21.4 Å². The summed E-state index contributed by atoms with van der Waals surface area (Å²) in [7, 11) is -2.17. The van der Waals surface area contributed by atoms with Crippen molar-refractivity contribution in [1.82, 2.24) is 0 Å². The Morgan fingerprint density at radius 1 is 1.33 bits per heavy atom. The molecule has 1 aromatic carbocycles. The monoisotopic (exact) mass is 267 g/mol. The summed E-state index contributed by atoms with van der Waals surface area (Å²) in [6, 6.07) is 4.78. The highest BCUT2D eigenvalue weighted by molar-refractivity contribution is 7.94. The number of fused-ring (bicyclic) bond motifs is 1. The number of carbonyl (C=O) groups is 1. The van der Waals surface area contributed by atoms with Gasteiger partial charge in [-0.15, -0.1) is 0 Å². The number of hydrogen-bond acceptors (Lipinski definition) is 4. The van der Waals surface area contributed by atoms with Crippen LogP contribution in [0.15, 0.2) is 23.1 Å². The second-order valence-corrected chi connectivity index (χ2v) is 6.87. The van der Waals surface area contributed by atoms with E-state index >= 15 is 0 Å². The second kappa shape index (κ2) is 3.47. The van der Waals surface area contributed by atoms with Gasteiger partial charge in [-0.2, -0.15) is 0 Å². The van der Waals surface area contributed by atoms with Gasteiger partial charge >= 0.3 is 0 Å². The molecular formula is C12H13NO4S. The number of sulfone groups is 1. The Balaban J connectivity index is 2.28. The Morgan fingerprint density at radius 3 is 2.61 bits per heavy atom. The Labute approximate surface area is 105 Å². The lowest BCUT2D eigenvalue weighted by atomic mass is 9.83. The van der Waals surface area contributed by atoms with Crippen molar-refractivity contribution in [1.29, 1.82) is 0 Å². The van der Waals surface area contributed by atoms with Crippen molar-refractivity contribution in [2.45, 2.75) is 28.9 Å². The molecule has 1 heterocycles. The molecule has 0 saturated heterocycles. The number of rotatable bonds is 1. The van der Waals surface area contributed by atoms with Crippen molar-refractivity contribution in [3.63, 3.8) is 0 Å². The number of anilines is 1. The lowest BCUT2D eigenvalue weighted by molar-refractivity contribution is -0.120. The van der Waals surface area contributed by atoms with Crippen LogP contribution in [0.2, 0.25) is 0 Å². The van der Waals surface area contributed by atoms with Crippen molar-refractivity contribution < 1.29 is 17.9 Å². The third-order valence-electron chi connectivity index (χ3n) is 3.83. The third-order valence-corrected chi connectivity index (χ3v) is 6.37. The van der Waals surface area contributed by atoms with Gasteiger partial charge in [0.15, 0.2) is 14.6 Å². The standard InChI is InChI=1S/C12H13NO4S/c1-17-8-4-2-5-9-10(8)13-11(14)12(6-3-7-12)18(9,15)16/h2,4-5H,3,6-7H2,1H3,(H,13,14). The molecule has 1 aromatic rings. The summed E-state index contributed by atoms with van der Waals surface area (Å²) in [6.45, 7) is 0. The van der Waals surface area contributed by atoms with Gasteiger partial charge in [-0.1, -0.05) is 6.07 Å². The Bertz CT molecular complexity index is 631. The molecule has 0 atom stereocenters. The highest BCUT2D eigenvalue weighted by atomic mass is 32.2. The molecule has 5 nitrogen and oxygen atoms in total. The lowest BCUT2D eigenvalue weighted by Crippen LogP contribution is -2.57. The van der Waals surface area contributed by atoms with E-state index < -0.39 is 20.5 Å². The van der Waals surface area contributed by atoms with Crippen LogP contribution in [0.25, 0.3) is 0 Å². The van der Waals surface area contributed by atoms with E-state index in [2.05, 4.69) is 5.32 Å². The SMILES string of the molecule is COc1cccc2c1NC(=O)C1(CCC1)S2(=O)=O. The number of carbonyl (C=O) groups excluding carboxylic acids is 1. The van der Waals surface area contributed by atoms with Crippen LogP contribution in [0.1, 0.15) is 19.3 Å². The maximum absolute atomic E-state index is 12.6. The molecule has 1 fully saturated rings. The molecule has 0 radical (unpaired) electrons. The molecule has 18 heavy (non-hydrogen) atoms. The average molecular weight is 267 g/mol. The van der Waals surface area contributed by atoms with Crippen LogP contribution < -0.4 is 10.1 Å². The molecule has 0 unspecified atom stereocenters. The number of ether oxygens (including phenoxy) is 1. The number of hydrogen-bond donors (Lipinski definition) is 1. The lowest BCUT2D eigenvalue weighted by Gasteiger charge is -2.42. The number of benzene rings is 1. The predicted molar refractivity (Wildman–Crippen MR) is 65.4 cm³/mol. The first-order chi connectivity index (χ1) is 8.53. The summed E-state index contributed by atoms with van der Waals surface area (Å²) >= 11 is 0. The molecule has 2 aliphatic rings. The number of methoxy groups -OCH3 is 1. The Hall–Kier alpha value is -1.56. The fourth-order valence-corrected chi connectivity index (χ4v) is 4.80. The van der Waals surface area contributed by atoms with Gasteiger partial charge in [-0.05, 0) is 31.4 Å². The number of nitrogens with one attached hydrogen (secondary N) is 1. The predicted octanol–water partition coefficient (Wildman–Crippen LogP) is 1.34. The summed E-state index contributed by atoms with van der Waals surface area (Å²) < 4.78 is 29.0. The van der Waals surface area contributed by atoms with Crippen LogP contribution in [0.3, 0.4) is 0 Å². The third kappa shape index (κ3) is 1.16. The van der Waals surface area contributed by atoms with E-state index in [1.807, 2.05) is 0 Å². The first kappa shape index (κ1) is 11.5. The van der Waals surface area contributed by atoms with Crippen LogP contribution in [0, 0.1) is 0 Å². The molecule has 0 aromatic heterocycles. The van der Waals surface area contributed by atoms with Gasteiger partial charge in [0.1, 0.15) is 11.4 Å². The van der Waals surface area contributed by atoms with Gasteiger partial charge in [-0.3, -0.25) is 4.79 Å². The first-order valence-corrected chi connectivity index (χ1v) is 7.24. The van der Waals surface area contributed by atoms with Crippen LogP contribution >= 0.6 is 0 Å². The maximum Gasteiger partial charge on any atom is 0.246 e. The molecule has 1 aliphatic heterocycles. The summed E-state index contributed by atoms with van der Waals surface area (Å²) in [5.41, 5.74) is 0.266. The van der Waals surface area contributed by atoms with Crippen molar-refractivity contribution in [3.05, 3.63) is 18.2 Å². The minimum Gasteiger partial charge on any atom is -0.495 e. The van der Waals surface area contributed by atoms with E-state index in [0.29, 0.717) is 18.6 Å². The molecule has 1 spiro atoms. The normalized spacial score (nSPS) is 22.8. The first-order valence-electron chi connectivity index (χ1n) is 5.76. The molecule has 3 rings (SSSR count). The smallest absolute Gasteiger partial charge is 0.246 e. The van der Waals surface area contributed by atoms with Gasteiger partial charge in [0.2, 0.25) is 5.91 Å². The second-order valence-electron chi connectivity index (χ2n) is 4.64. The minimum absolute atomic E-state index is 0.168. The van der Waals surface area contributed by atoms with Gasteiger partial charge in [-0.25, -0.2) is 8.42 Å². The van der Waals surface area contributed by atoms with Crippen LogP contribution in [0.4, 0.5) is 5.69 Å². The topological polar surface area (TPSA) is 72.5 Å². The summed E-state index contributed by atoms with van der Waals surface area (Å²) in [4.78, 5) is 12.3. The highest BCUT2D eigenvalue weighted by Gasteiger charge is 2.58. The zero-order valence-corrected chi connectivity index (χ0v) is 10.7. The van der Waals surface area contributed by atoms with Crippen LogP contribution in [-0.2, 0) is 14.6 Å². The molecule has 0 bridgehead atoms. The van der Waals surface area contributed by atoms with E-state index in [0.717, 1.165) is 6.42 Å². The number of amides is 1. The molecule has 1 saturated carbocycles. The molecule has 6 heteroatoms. The summed E-state index contributed by atoms with van der Waals surface area (Å²) in [5.74, 6) is -0.0515. The van der Waals surface area contributed by atoms with Crippen LogP contribution in [-0.4, -0.2) is 26.2 Å². The summed E-state index contributed by atoms with van der Waals surface area (Å²) in [6.07, 6.45) is 1.57. The Morgan fingerprint density at radius 2 is 2.06 bits per heavy atom. The van der Waals surface area contributed by atoms with E-state index in [4.69, 9.17) is 4.74 Å². The van der Waals surface area contributed by atoms with Gasteiger partial charge in [0.25, 0.3) is 0 Å². The van der Waals surface area contributed by atoms with E-state index in [-0.39, 0.29) is 10.6 Å². The van der Waals surface area contributed by atoms with E-state index in [9.17, 15) is 13.2 Å². The number of para-hydroxylation sites is 1. The van der Waals surface area contributed by atoms with Crippen molar-refractivity contribution in [2.75, 3.05) is 12.4 Å². The quantitative estimate of drug-likeness (QED) is 0.833. The fourth-order valence-electron chi connectivity index (χ4n) is 2.58. The molecule has 1 amide bonds. The maximum atomic E-state index is 12.6. The fraction of sp³-hybridized carbons (Fsp3) is 0.417.